The van der Waals surface area contributed by atoms with Crippen LogP contribution in [0.5, 0.6) is 0 Å². The fourth-order valence-corrected chi connectivity index (χ4v) is 12.3. The molecule has 3 nitrogen and oxygen atoms in total. The van der Waals surface area contributed by atoms with E-state index < -0.39 is 0 Å². The van der Waals surface area contributed by atoms with Crippen LogP contribution < -0.4 is 0 Å². The molecular weight excluding hydrogens is 787 g/mol. The van der Waals surface area contributed by atoms with Crippen molar-refractivity contribution >= 4 is 87.0 Å². The molecule has 0 bridgehead atoms. The van der Waals surface area contributed by atoms with Gasteiger partial charge < -0.3 is 13.7 Å². The van der Waals surface area contributed by atoms with Gasteiger partial charge in [0.2, 0.25) is 0 Å². The lowest BCUT2D eigenvalue weighted by molar-refractivity contribution is 1.16. The number of hydrogen-bond donors (Lipinski definition) is 0. The van der Waals surface area contributed by atoms with Gasteiger partial charge in [0.05, 0.1) is 33.1 Å². The third-order valence-corrected chi connectivity index (χ3v) is 14.9. The molecule has 0 aliphatic heterocycles. The zero-order valence-corrected chi connectivity index (χ0v) is 35.0. The van der Waals surface area contributed by atoms with E-state index in [0.29, 0.717) is 0 Å². The summed E-state index contributed by atoms with van der Waals surface area (Å²) < 4.78 is 7.50. The van der Waals surface area contributed by atoms with E-state index in [0.717, 1.165) is 17.1 Å². The van der Waals surface area contributed by atoms with Crippen molar-refractivity contribution in [3.8, 4) is 61.6 Å². The minimum absolute atomic E-state index is 1.15. The van der Waals surface area contributed by atoms with Crippen LogP contribution in [0.4, 0.5) is 0 Å². The number of nitrogens with zero attached hydrogens (tertiary/aromatic N) is 3. The van der Waals surface area contributed by atoms with Crippen LogP contribution in [-0.2, 0) is 0 Å². The smallest absolute Gasteiger partial charge is 0.0620 e. The summed E-state index contributed by atoms with van der Waals surface area (Å²) in [4.78, 5) is 0. The molecule has 0 saturated carbocycles. The Kier molecular flexibility index (Phi) is 6.30. The van der Waals surface area contributed by atoms with Gasteiger partial charge in [-0.25, -0.2) is 0 Å². The maximum Gasteiger partial charge on any atom is 0.0620 e. The predicted octanol–water partition coefficient (Wildman–Crippen LogP) is 16.6. The quantitative estimate of drug-likeness (QED) is 0.169. The Morgan fingerprint density at radius 1 is 0.200 bits per heavy atom. The number of aromatic nitrogens is 3. The topological polar surface area (TPSA) is 14.8 Å². The maximum atomic E-state index is 2.53. The third-order valence-electron chi connectivity index (χ3n) is 14.9. The first kappa shape index (κ1) is 33.9. The van der Waals surface area contributed by atoms with Gasteiger partial charge in [-0.3, -0.25) is 0 Å². The Balaban J connectivity index is 1.00. The predicted molar refractivity (Wildman–Crippen MR) is 273 cm³/mol. The van der Waals surface area contributed by atoms with Gasteiger partial charge in [0.25, 0.3) is 0 Å². The molecule has 0 amide bonds. The number of hydrogen-bond acceptors (Lipinski definition) is 0. The molecule has 0 radical (unpaired) electrons. The first-order valence-corrected chi connectivity index (χ1v) is 22.6. The fraction of sp³-hybridized carbons (Fsp3) is 0. The standard InChI is InChI=1S/C62H35N3/c1-2-14-36(15-3-1)63-57-30-28-37(64-55-26-10-8-20-43(55)53-34-51-41-18-6-4-16-39(41)45-22-12-24-47(59(45)51)61(53)64)32-49(57)50-33-38(29-31-58(50)63)65-56-27-11-9-21-44(56)54-35-52-42-19-7-5-17-40(42)46-23-13-25-48(60(46)52)62(54)65/h1-35H. The molecular formula is C62H35N3. The normalized spacial score (nSPS) is 12.6. The van der Waals surface area contributed by atoms with E-state index >= 15 is 0 Å². The van der Waals surface area contributed by atoms with Crippen LogP contribution in [-0.4, -0.2) is 13.7 Å². The van der Waals surface area contributed by atoms with E-state index in [9.17, 15) is 0 Å². The molecule has 3 heteroatoms. The lowest BCUT2D eigenvalue weighted by Gasteiger charge is -2.12. The minimum atomic E-state index is 1.15. The molecule has 14 aromatic rings. The lowest BCUT2D eigenvalue weighted by Crippen LogP contribution is -1.96. The fourth-order valence-electron chi connectivity index (χ4n) is 12.3. The highest BCUT2D eigenvalue weighted by molar-refractivity contribution is 6.29. The van der Waals surface area contributed by atoms with Gasteiger partial charge in [-0.05, 0) is 128 Å². The summed E-state index contributed by atoms with van der Waals surface area (Å²) in [5.74, 6) is 0. The Hall–Kier alpha value is -8.66. The molecule has 0 fully saturated rings. The van der Waals surface area contributed by atoms with Crippen LogP contribution >= 0.6 is 0 Å². The van der Waals surface area contributed by atoms with E-state index in [1.54, 1.807) is 0 Å². The maximum absolute atomic E-state index is 2.53. The van der Waals surface area contributed by atoms with Gasteiger partial charge >= 0.3 is 0 Å². The Labute approximate surface area is 372 Å². The first-order chi connectivity index (χ1) is 32.3. The SMILES string of the molecule is c1ccc(-n2c3ccc(-n4c5ccccc5c5cc6c7c(cccc7c54)-c4ccccc4-6)cc3c3cc(-n4c5ccccc5c5cc6c7c(cccc7c54)-c4ccccc4-6)ccc32)cc1. The first-order valence-electron chi connectivity index (χ1n) is 22.6. The number of fused-ring (bicyclic) bond motifs is 17. The van der Waals surface area contributed by atoms with Crippen molar-refractivity contribution in [1.82, 2.24) is 13.7 Å². The molecule has 0 unspecified atom stereocenters. The van der Waals surface area contributed by atoms with Gasteiger partial charge in [0.15, 0.2) is 0 Å². The summed E-state index contributed by atoms with van der Waals surface area (Å²) in [6, 6.07) is 79.4. The molecule has 16 rings (SSSR count). The molecule has 2 aliphatic rings. The van der Waals surface area contributed by atoms with Gasteiger partial charge in [0, 0.05) is 60.2 Å². The van der Waals surface area contributed by atoms with Crippen molar-refractivity contribution < 1.29 is 0 Å². The molecule has 0 saturated heterocycles. The largest absolute Gasteiger partial charge is 0.309 e. The molecule has 0 N–H and O–H groups in total. The zero-order valence-electron chi connectivity index (χ0n) is 35.0. The Morgan fingerprint density at radius 2 is 0.585 bits per heavy atom. The van der Waals surface area contributed by atoms with Crippen LogP contribution in [0.3, 0.4) is 0 Å². The Bertz CT molecular complexity index is 4190. The molecule has 3 aromatic heterocycles. The second kappa shape index (κ2) is 12.1. The molecule has 0 atom stereocenters. The van der Waals surface area contributed by atoms with E-state index in [1.807, 2.05) is 0 Å². The summed E-state index contributed by atoms with van der Waals surface area (Å²) >= 11 is 0. The summed E-state index contributed by atoms with van der Waals surface area (Å²) in [5.41, 5.74) is 21.3. The van der Waals surface area contributed by atoms with Crippen molar-refractivity contribution in [2.24, 2.45) is 0 Å². The monoisotopic (exact) mass is 821 g/mol. The summed E-state index contributed by atoms with van der Waals surface area (Å²) in [6.07, 6.45) is 0. The summed E-state index contributed by atoms with van der Waals surface area (Å²) in [7, 11) is 0. The molecule has 0 spiro atoms. The highest BCUT2D eigenvalue weighted by Gasteiger charge is 2.28. The number of rotatable bonds is 3. The lowest BCUT2D eigenvalue weighted by atomic mass is 9.99. The highest BCUT2D eigenvalue weighted by Crippen LogP contribution is 2.53. The Morgan fingerprint density at radius 3 is 1.08 bits per heavy atom. The summed E-state index contributed by atoms with van der Waals surface area (Å²) in [6.45, 7) is 0. The van der Waals surface area contributed by atoms with Crippen LogP contribution in [0.2, 0.25) is 0 Å². The van der Waals surface area contributed by atoms with Crippen molar-refractivity contribution in [2.75, 3.05) is 0 Å². The van der Waals surface area contributed by atoms with Gasteiger partial charge in [0.1, 0.15) is 0 Å². The van der Waals surface area contributed by atoms with E-state index in [1.165, 1.54) is 131 Å². The average molecular weight is 822 g/mol. The minimum Gasteiger partial charge on any atom is -0.309 e. The number of benzene rings is 11. The summed E-state index contributed by atoms with van der Waals surface area (Å²) in [5, 5.41) is 12.8. The molecule has 11 aromatic carbocycles. The third kappa shape index (κ3) is 4.21. The van der Waals surface area contributed by atoms with Crippen LogP contribution in [0.15, 0.2) is 212 Å². The van der Waals surface area contributed by atoms with Gasteiger partial charge in [-0.15, -0.1) is 0 Å². The molecule has 2 aliphatic carbocycles. The highest BCUT2D eigenvalue weighted by atomic mass is 15.0. The molecule has 298 valence electrons. The van der Waals surface area contributed by atoms with Crippen LogP contribution in [0.25, 0.3) is 149 Å². The van der Waals surface area contributed by atoms with Crippen molar-refractivity contribution in [2.45, 2.75) is 0 Å². The van der Waals surface area contributed by atoms with Gasteiger partial charge in [-0.1, -0.05) is 140 Å². The second-order valence-electron chi connectivity index (χ2n) is 18.0. The zero-order chi connectivity index (χ0) is 42.1. The van der Waals surface area contributed by atoms with Crippen LogP contribution in [0.1, 0.15) is 0 Å². The molecule has 65 heavy (non-hydrogen) atoms. The van der Waals surface area contributed by atoms with Crippen molar-refractivity contribution in [3.05, 3.63) is 212 Å². The van der Waals surface area contributed by atoms with Crippen molar-refractivity contribution in [1.29, 1.82) is 0 Å². The number of para-hydroxylation sites is 3. The van der Waals surface area contributed by atoms with E-state index in [4.69, 9.17) is 0 Å². The second-order valence-corrected chi connectivity index (χ2v) is 18.0. The molecule has 3 heterocycles. The van der Waals surface area contributed by atoms with Gasteiger partial charge in [-0.2, -0.15) is 0 Å². The van der Waals surface area contributed by atoms with Crippen LogP contribution in [0, 0.1) is 0 Å². The average Bonchev–Trinajstić information content (AvgIpc) is 4.16. The van der Waals surface area contributed by atoms with Crippen molar-refractivity contribution in [3.63, 3.8) is 0 Å². The van der Waals surface area contributed by atoms with E-state index in [-0.39, 0.29) is 0 Å². The van der Waals surface area contributed by atoms with E-state index in [2.05, 4.69) is 226 Å².